The molecule has 106 valence electrons. The second kappa shape index (κ2) is 5.33. The van der Waals surface area contributed by atoms with Crippen LogP contribution in [-0.4, -0.2) is 31.4 Å². The minimum absolute atomic E-state index is 0.105. The number of aromatic nitrogens is 3. The lowest BCUT2D eigenvalue weighted by molar-refractivity contribution is -0.115. The fraction of sp³-hybridized carbons (Fsp3) is 0.0769. The van der Waals surface area contributed by atoms with Crippen LogP contribution in [-0.2, 0) is 11.2 Å². The summed E-state index contributed by atoms with van der Waals surface area (Å²) in [5.74, 6) is -1.22. The molecule has 0 atom stereocenters. The van der Waals surface area contributed by atoms with E-state index >= 15 is 0 Å². The van der Waals surface area contributed by atoms with Gasteiger partial charge < -0.3 is 10.4 Å². The summed E-state index contributed by atoms with van der Waals surface area (Å²) >= 11 is 1.49. The molecule has 0 radical (unpaired) electrons. The number of imidazole rings is 1. The largest absolute Gasteiger partial charge is 0.477 e. The Kier molecular flexibility index (Phi) is 3.36. The lowest BCUT2D eigenvalue weighted by Crippen LogP contribution is -2.16. The molecule has 8 heteroatoms. The predicted molar refractivity (Wildman–Crippen MR) is 76.6 cm³/mol. The van der Waals surface area contributed by atoms with Crippen molar-refractivity contribution in [2.75, 3.05) is 5.32 Å². The average Bonchev–Trinajstić information content (AvgIpc) is 2.99. The van der Waals surface area contributed by atoms with Gasteiger partial charge in [-0.05, 0) is 12.1 Å². The molecule has 3 rings (SSSR count). The average molecular weight is 302 g/mol. The molecule has 0 aromatic carbocycles. The maximum Gasteiger partial charge on any atom is 0.354 e. The number of hydrogen-bond donors (Lipinski definition) is 2. The minimum atomic E-state index is -1.14. The molecule has 1 amide bonds. The highest BCUT2D eigenvalue weighted by Crippen LogP contribution is 2.12. The Balaban J connectivity index is 1.70. The van der Waals surface area contributed by atoms with Gasteiger partial charge >= 0.3 is 5.97 Å². The van der Waals surface area contributed by atoms with Gasteiger partial charge in [-0.1, -0.05) is 6.07 Å². The molecule has 3 aromatic rings. The van der Waals surface area contributed by atoms with Crippen LogP contribution < -0.4 is 5.32 Å². The summed E-state index contributed by atoms with van der Waals surface area (Å²) in [6.07, 6.45) is 3.76. The zero-order valence-corrected chi connectivity index (χ0v) is 11.5. The van der Waals surface area contributed by atoms with Crippen LogP contribution in [0.2, 0.25) is 0 Å². The molecule has 0 aliphatic carbocycles. The number of carboxylic acid groups (broad SMARTS) is 1. The van der Waals surface area contributed by atoms with Crippen molar-refractivity contribution >= 4 is 34.0 Å². The van der Waals surface area contributed by atoms with Gasteiger partial charge in [-0.2, -0.15) is 0 Å². The van der Waals surface area contributed by atoms with E-state index in [9.17, 15) is 9.59 Å². The molecule has 3 heterocycles. The first-order chi connectivity index (χ1) is 10.1. The highest BCUT2D eigenvalue weighted by molar-refractivity contribution is 7.15. The van der Waals surface area contributed by atoms with Crippen molar-refractivity contribution in [1.29, 1.82) is 0 Å². The molecule has 0 unspecified atom stereocenters. The number of carbonyl (C=O) groups excluding carboxylic acids is 1. The molecule has 3 aromatic heterocycles. The Bertz CT molecular complexity index is 795. The number of hydrogen-bond acceptors (Lipinski definition) is 5. The molecular formula is C13H10N4O3S. The van der Waals surface area contributed by atoms with Gasteiger partial charge in [-0.3, -0.25) is 9.20 Å². The normalized spacial score (nSPS) is 10.7. The van der Waals surface area contributed by atoms with Crippen LogP contribution >= 0.6 is 11.3 Å². The second-order valence-electron chi connectivity index (χ2n) is 4.26. The molecule has 0 aliphatic heterocycles. The van der Waals surface area contributed by atoms with Crippen molar-refractivity contribution in [3.63, 3.8) is 0 Å². The topological polar surface area (TPSA) is 96.6 Å². The van der Waals surface area contributed by atoms with Crippen molar-refractivity contribution in [3.8, 4) is 0 Å². The summed E-state index contributed by atoms with van der Waals surface area (Å²) in [6.45, 7) is 0. The van der Waals surface area contributed by atoms with E-state index in [1.165, 1.54) is 29.5 Å². The standard InChI is InChI=1S/C13H10N4O3S/c18-11(6-8-7-17-4-5-21-13(17)14-8)16-10-3-1-2-9(15-10)12(19)20/h1-5,7H,6H2,(H,19,20)(H,15,16,18). The summed E-state index contributed by atoms with van der Waals surface area (Å²) in [4.78, 5) is 31.7. The zero-order chi connectivity index (χ0) is 14.8. The van der Waals surface area contributed by atoms with Crippen molar-refractivity contribution in [1.82, 2.24) is 14.4 Å². The summed E-state index contributed by atoms with van der Waals surface area (Å²) in [6, 6.07) is 4.43. The molecule has 0 bridgehead atoms. The maximum atomic E-state index is 11.9. The fourth-order valence-corrected chi connectivity index (χ4v) is 2.56. The van der Waals surface area contributed by atoms with Crippen molar-refractivity contribution in [3.05, 3.63) is 47.4 Å². The number of carbonyl (C=O) groups is 2. The number of carboxylic acids is 1. The van der Waals surface area contributed by atoms with Gasteiger partial charge in [-0.25, -0.2) is 14.8 Å². The first kappa shape index (κ1) is 13.3. The predicted octanol–water partition coefficient (Wildman–Crippen LogP) is 1.67. The summed E-state index contributed by atoms with van der Waals surface area (Å²) in [5, 5.41) is 13.3. The van der Waals surface area contributed by atoms with E-state index in [2.05, 4.69) is 15.3 Å². The Hall–Kier alpha value is -2.74. The number of pyridine rings is 1. The molecule has 0 fully saturated rings. The van der Waals surface area contributed by atoms with Crippen LogP contribution in [0.1, 0.15) is 16.2 Å². The van der Waals surface area contributed by atoms with Crippen LogP contribution in [0.4, 0.5) is 5.82 Å². The van der Waals surface area contributed by atoms with Crippen molar-refractivity contribution in [2.45, 2.75) is 6.42 Å². The molecule has 21 heavy (non-hydrogen) atoms. The SMILES string of the molecule is O=C(Cc1cn2ccsc2n1)Nc1cccc(C(=O)O)n1. The third kappa shape index (κ3) is 2.90. The third-order valence-corrected chi connectivity index (χ3v) is 3.49. The van der Waals surface area contributed by atoms with E-state index in [0.717, 1.165) is 4.96 Å². The second-order valence-corrected chi connectivity index (χ2v) is 5.14. The van der Waals surface area contributed by atoms with E-state index in [4.69, 9.17) is 5.11 Å². The van der Waals surface area contributed by atoms with Gasteiger partial charge in [-0.15, -0.1) is 11.3 Å². The van der Waals surface area contributed by atoms with E-state index in [-0.39, 0.29) is 23.8 Å². The monoisotopic (exact) mass is 302 g/mol. The van der Waals surface area contributed by atoms with Gasteiger partial charge in [0.15, 0.2) is 10.7 Å². The molecule has 7 nitrogen and oxygen atoms in total. The molecule has 0 aliphatic rings. The van der Waals surface area contributed by atoms with Crippen LogP contribution in [0.15, 0.2) is 36.0 Å². The van der Waals surface area contributed by atoms with Crippen molar-refractivity contribution < 1.29 is 14.7 Å². The number of anilines is 1. The van der Waals surface area contributed by atoms with Gasteiger partial charge in [0, 0.05) is 17.8 Å². The molecular weight excluding hydrogens is 292 g/mol. The quantitative estimate of drug-likeness (QED) is 0.764. The highest BCUT2D eigenvalue weighted by atomic mass is 32.1. The summed E-state index contributed by atoms with van der Waals surface area (Å²) in [7, 11) is 0. The lowest BCUT2D eigenvalue weighted by atomic mass is 10.3. The third-order valence-electron chi connectivity index (χ3n) is 2.72. The zero-order valence-electron chi connectivity index (χ0n) is 10.7. The van der Waals surface area contributed by atoms with Crippen LogP contribution in [0.3, 0.4) is 0 Å². The Morgan fingerprint density at radius 3 is 2.95 bits per heavy atom. The van der Waals surface area contributed by atoms with Gasteiger partial charge in [0.1, 0.15) is 5.82 Å². The van der Waals surface area contributed by atoms with Gasteiger partial charge in [0.2, 0.25) is 5.91 Å². The van der Waals surface area contributed by atoms with Crippen LogP contribution in [0, 0.1) is 0 Å². The fourth-order valence-electron chi connectivity index (χ4n) is 1.84. The number of nitrogens with zero attached hydrogens (tertiary/aromatic N) is 3. The van der Waals surface area contributed by atoms with Crippen LogP contribution in [0.5, 0.6) is 0 Å². The Morgan fingerprint density at radius 1 is 1.33 bits per heavy atom. The van der Waals surface area contributed by atoms with Gasteiger partial charge in [0.05, 0.1) is 12.1 Å². The highest BCUT2D eigenvalue weighted by Gasteiger charge is 2.10. The maximum absolute atomic E-state index is 11.9. The van der Waals surface area contributed by atoms with Crippen molar-refractivity contribution in [2.24, 2.45) is 0 Å². The number of nitrogens with one attached hydrogen (secondary N) is 1. The number of aromatic carboxylic acids is 1. The Morgan fingerprint density at radius 2 is 2.19 bits per heavy atom. The Labute approximate surface area is 122 Å². The minimum Gasteiger partial charge on any atom is -0.477 e. The lowest BCUT2D eigenvalue weighted by Gasteiger charge is -2.03. The summed E-state index contributed by atoms with van der Waals surface area (Å²) < 4.78 is 1.84. The first-order valence-electron chi connectivity index (χ1n) is 6.03. The number of fused-ring (bicyclic) bond motifs is 1. The number of thiazole rings is 1. The molecule has 0 spiro atoms. The van der Waals surface area contributed by atoms with E-state index in [1.54, 1.807) is 6.20 Å². The molecule has 0 saturated heterocycles. The number of rotatable bonds is 4. The van der Waals surface area contributed by atoms with Crippen LogP contribution in [0.25, 0.3) is 4.96 Å². The smallest absolute Gasteiger partial charge is 0.354 e. The molecule has 2 N–H and O–H groups in total. The van der Waals surface area contributed by atoms with E-state index in [1.807, 2.05) is 16.0 Å². The molecule has 0 saturated carbocycles. The van der Waals surface area contributed by atoms with E-state index in [0.29, 0.717) is 5.69 Å². The summed E-state index contributed by atoms with van der Waals surface area (Å²) in [5.41, 5.74) is 0.532. The first-order valence-corrected chi connectivity index (χ1v) is 6.91. The van der Waals surface area contributed by atoms with Gasteiger partial charge in [0.25, 0.3) is 0 Å². The van der Waals surface area contributed by atoms with E-state index < -0.39 is 5.97 Å². The number of amides is 1.